The van der Waals surface area contributed by atoms with E-state index < -0.39 is 0 Å². The number of hydrogen-bond acceptors (Lipinski definition) is 7. The van der Waals surface area contributed by atoms with E-state index in [-0.39, 0.29) is 18.1 Å². The van der Waals surface area contributed by atoms with Crippen molar-refractivity contribution < 1.29 is 13.9 Å². The standard InChI is InChI=1S/C11H19N3O3S/c1-7(2)12-9(10(15)16-4)5-6-18-11-14-13-8(3)17-11/h7,9,12H,5-6H2,1-4H3. The number of rotatable bonds is 7. The Morgan fingerprint density at radius 3 is 2.72 bits per heavy atom. The third-order valence-corrected chi connectivity index (χ3v) is 3.01. The maximum absolute atomic E-state index is 11.5. The molecule has 1 aromatic rings. The molecule has 0 aromatic carbocycles. The number of aryl methyl sites for hydroxylation is 1. The molecule has 7 heteroatoms. The average Bonchev–Trinajstić information content (AvgIpc) is 2.72. The van der Waals surface area contributed by atoms with Crippen molar-refractivity contribution in [1.82, 2.24) is 15.5 Å². The fraction of sp³-hybridized carbons (Fsp3) is 0.727. The minimum absolute atomic E-state index is 0.227. The van der Waals surface area contributed by atoms with Gasteiger partial charge in [0.15, 0.2) is 0 Å². The molecule has 0 saturated heterocycles. The molecule has 18 heavy (non-hydrogen) atoms. The van der Waals surface area contributed by atoms with Crippen LogP contribution in [-0.4, -0.2) is 41.1 Å². The summed E-state index contributed by atoms with van der Waals surface area (Å²) < 4.78 is 10.00. The molecule has 1 heterocycles. The van der Waals surface area contributed by atoms with Crippen molar-refractivity contribution in [2.24, 2.45) is 0 Å². The predicted octanol–water partition coefficient (Wildman–Crippen LogP) is 1.40. The molecular formula is C11H19N3O3S. The number of esters is 1. The number of nitrogens with zero attached hydrogens (tertiary/aromatic N) is 2. The summed E-state index contributed by atoms with van der Waals surface area (Å²) in [6.07, 6.45) is 0.650. The Morgan fingerprint density at radius 2 is 2.22 bits per heavy atom. The van der Waals surface area contributed by atoms with Gasteiger partial charge in [-0.2, -0.15) is 0 Å². The SMILES string of the molecule is COC(=O)C(CCSc1nnc(C)o1)NC(C)C. The number of thioether (sulfide) groups is 1. The summed E-state index contributed by atoms with van der Waals surface area (Å²) in [6, 6.07) is -0.0729. The molecule has 1 rings (SSSR count). The van der Waals surface area contributed by atoms with Crippen LogP contribution in [0.3, 0.4) is 0 Å². The van der Waals surface area contributed by atoms with E-state index in [1.165, 1.54) is 18.9 Å². The highest BCUT2D eigenvalue weighted by Crippen LogP contribution is 2.17. The molecule has 0 saturated carbocycles. The number of nitrogens with one attached hydrogen (secondary N) is 1. The first-order valence-corrected chi connectivity index (χ1v) is 6.78. The third-order valence-electron chi connectivity index (χ3n) is 2.16. The van der Waals surface area contributed by atoms with Gasteiger partial charge in [-0.15, -0.1) is 10.2 Å². The largest absolute Gasteiger partial charge is 0.468 e. The van der Waals surface area contributed by atoms with Crippen LogP contribution in [0.5, 0.6) is 0 Å². The number of hydrogen-bond donors (Lipinski definition) is 1. The van der Waals surface area contributed by atoms with Gasteiger partial charge in [-0.1, -0.05) is 25.6 Å². The van der Waals surface area contributed by atoms with Gasteiger partial charge in [0.25, 0.3) is 5.22 Å². The summed E-state index contributed by atoms with van der Waals surface area (Å²) in [7, 11) is 1.39. The van der Waals surface area contributed by atoms with E-state index in [0.29, 0.717) is 23.3 Å². The molecule has 0 amide bonds. The Kier molecular flexibility index (Phi) is 6.14. The van der Waals surface area contributed by atoms with Crippen LogP contribution >= 0.6 is 11.8 Å². The summed E-state index contributed by atoms with van der Waals surface area (Å²) in [5, 5.41) is 11.3. The minimum atomic E-state index is -0.300. The fourth-order valence-electron chi connectivity index (χ4n) is 1.41. The number of carbonyl (C=O) groups is 1. The minimum Gasteiger partial charge on any atom is -0.468 e. The highest BCUT2D eigenvalue weighted by atomic mass is 32.2. The van der Waals surface area contributed by atoms with Crippen molar-refractivity contribution in [2.45, 2.75) is 44.5 Å². The molecular weight excluding hydrogens is 254 g/mol. The predicted molar refractivity (Wildman–Crippen MR) is 68.5 cm³/mol. The van der Waals surface area contributed by atoms with Gasteiger partial charge in [0.1, 0.15) is 6.04 Å². The van der Waals surface area contributed by atoms with Crippen LogP contribution < -0.4 is 5.32 Å². The summed E-state index contributed by atoms with van der Waals surface area (Å²) >= 11 is 1.44. The maximum Gasteiger partial charge on any atom is 0.322 e. The van der Waals surface area contributed by atoms with E-state index in [9.17, 15) is 4.79 Å². The van der Waals surface area contributed by atoms with Crippen LogP contribution in [0.1, 0.15) is 26.2 Å². The normalized spacial score (nSPS) is 12.7. The smallest absolute Gasteiger partial charge is 0.322 e. The summed E-state index contributed by atoms with van der Waals surface area (Å²) in [4.78, 5) is 11.5. The maximum atomic E-state index is 11.5. The Hall–Kier alpha value is -1.08. The second-order valence-corrected chi connectivity index (χ2v) is 5.17. The van der Waals surface area contributed by atoms with Gasteiger partial charge in [-0.25, -0.2) is 0 Å². The van der Waals surface area contributed by atoms with E-state index in [0.717, 1.165) is 0 Å². The number of carbonyl (C=O) groups excluding carboxylic acids is 1. The monoisotopic (exact) mass is 273 g/mol. The Bertz CT molecular complexity index is 381. The van der Waals surface area contributed by atoms with Gasteiger partial charge in [0, 0.05) is 18.7 Å². The van der Waals surface area contributed by atoms with E-state index in [2.05, 4.69) is 15.5 Å². The van der Waals surface area contributed by atoms with Crippen LogP contribution in [0.4, 0.5) is 0 Å². The van der Waals surface area contributed by atoms with Gasteiger partial charge >= 0.3 is 5.97 Å². The van der Waals surface area contributed by atoms with Crippen LogP contribution in [0.25, 0.3) is 0 Å². The average molecular weight is 273 g/mol. The van der Waals surface area contributed by atoms with Crippen molar-refractivity contribution in [1.29, 1.82) is 0 Å². The lowest BCUT2D eigenvalue weighted by atomic mass is 10.2. The number of ether oxygens (including phenoxy) is 1. The third kappa shape index (κ3) is 5.05. The van der Waals surface area contributed by atoms with Gasteiger partial charge < -0.3 is 14.5 Å². The van der Waals surface area contributed by atoms with Gasteiger partial charge in [0.2, 0.25) is 5.89 Å². The van der Waals surface area contributed by atoms with Crippen molar-refractivity contribution >= 4 is 17.7 Å². The lowest BCUT2D eigenvalue weighted by Crippen LogP contribution is -2.41. The Labute approximate surface area is 111 Å². The first-order chi connectivity index (χ1) is 8.52. The van der Waals surface area contributed by atoms with E-state index in [1.807, 2.05) is 13.8 Å². The molecule has 0 bridgehead atoms. The molecule has 0 radical (unpaired) electrons. The van der Waals surface area contributed by atoms with Gasteiger partial charge in [0.05, 0.1) is 7.11 Å². The molecule has 0 aliphatic rings. The molecule has 102 valence electrons. The molecule has 1 unspecified atom stereocenters. The molecule has 0 spiro atoms. The topological polar surface area (TPSA) is 77.2 Å². The van der Waals surface area contributed by atoms with Crippen LogP contribution in [0, 0.1) is 6.92 Å². The van der Waals surface area contributed by atoms with Crippen molar-refractivity contribution in [3.63, 3.8) is 0 Å². The highest BCUT2D eigenvalue weighted by Gasteiger charge is 2.19. The summed E-state index contributed by atoms with van der Waals surface area (Å²) in [5.74, 6) is 1.01. The molecule has 6 nitrogen and oxygen atoms in total. The molecule has 1 atom stereocenters. The second kappa shape index (κ2) is 7.38. The van der Waals surface area contributed by atoms with E-state index >= 15 is 0 Å². The zero-order valence-corrected chi connectivity index (χ0v) is 11.9. The van der Waals surface area contributed by atoms with Crippen LogP contribution in [0.2, 0.25) is 0 Å². The Morgan fingerprint density at radius 1 is 1.50 bits per heavy atom. The van der Waals surface area contributed by atoms with Crippen molar-refractivity contribution in [3.8, 4) is 0 Å². The van der Waals surface area contributed by atoms with Crippen molar-refractivity contribution in [3.05, 3.63) is 5.89 Å². The molecule has 0 aliphatic carbocycles. The highest BCUT2D eigenvalue weighted by molar-refractivity contribution is 7.99. The van der Waals surface area contributed by atoms with Crippen molar-refractivity contribution in [2.75, 3.05) is 12.9 Å². The molecule has 0 fully saturated rings. The fourth-order valence-corrected chi connectivity index (χ4v) is 2.22. The number of aromatic nitrogens is 2. The second-order valence-electron chi connectivity index (χ2n) is 4.12. The van der Waals surface area contributed by atoms with Crippen LogP contribution in [-0.2, 0) is 9.53 Å². The first kappa shape index (κ1) is 15.0. The Balaban J connectivity index is 2.39. The quantitative estimate of drug-likeness (QED) is 0.594. The lowest BCUT2D eigenvalue weighted by Gasteiger charge is -2.18. The zero-order chi connectivity index (χ0) is 13.5. The van der Waals surface area contributed by atoms with Gasteiger partial charge in [-0.05, 0) is 6.42 Å². The van der Waals surface area contributed by atoms with Gasteiger partial charge in [-0.3, -0.25) is 4.79 Å². The lowest BCUT2D eigenvalue weighted by molar-refractivity contribution is -0.143. The van der Waals surface area contributed by atoms with Crippen LogP contribution in [0.15, 0.2) is 9.64 Å². The first-order valence-electron chi connectivity index (χ1n) is 5.79. The zero-order valence-electron chi connectivity index (χ0n) is 11.1. The number of methoxy groups -OCH3 is 1. The summed E-state index contributed by atoms with van der Waals surface area (Å²) in [6.45, 7) is 5.73. The molecule has 1 aromatic heterocycles. The van der Waals surface area contributed by atoms with E-state index in [1.54, 1.807) is 6.92 Å². The molecule has 1 N–H and O–H groups in total. The summed E-state index contributed by atoms with van der Waals surface area (Å²) in [5.41, 5.74) is 0. The van der Waals surface area contributed by atoms with E-state index in [4.69, 9.17) is 9.15 Å². The molecule has 0 aliphatic heterocycles.